The second-order valence-corrected chi connectivity index (χ2v) is 3.87. The highest BCUT2D eigenvalue weighted by Gasteiger charge is 2.13. The lowest BCUT2D eigenvalue weighted by Gasteiger charge is -2.11. The first-order valence-corrected chi connectivity index (χ1v) is 6.31. The van der Waals surface area contributed by atoms with E-state index in [-0.39, 0.29) is 17.6 Å². The Kier molecular flexibility index (Phi) is 5.65. The van der Waals surface area contributed by atoms with Crippen LogP contribution in [0.5, 0.6) is 5.75 Å². The van der Waals surface area contributed by atoms with Gasteiger partial charge in [0.2, 0.25) is 5.91 Å². The van der Waals surface area contributed by atoms with Crippen LogP contribution in [-0.4, -0.2) is 24.2 Å². The van der Waals surface area contributed by atoms with Gasteiger partial charge in [-0.2, -0.15) is 0 Å². The zero-order valence-corrected chi connectivity index (χ0v) is 11.2. The molecule has 1 rings (SSSR count). The molecule has 98 valence electrons. The van der Waals surface area contributed by atoms with Gasteiger partial charge in [-0.05, 0) is 25.1 Å². The molecule has 0 aliphatic carbocycles. The molecule has 0 atom stereocenters. The van der Waals surface area contributed by atoms with Crippen LogP contribution in [0.25, 0.3) is 0 Å². The van der Waals surface area contributed by atoms with Crippen LogP contribution in [0.3, 0.4) is 0 Å². The number of Topliss-reactive ketones (excluding diaryl/α,β-unsaturated/α-hetero) is 1. The van der Waals surface area contributed by atoms with Gasteiger partial charge in [-0.15, -0.1) is 11.6 Å². The molecule has 0 aromatic heterocycles. The van der Waals surface area contributed by atoms with Crippen molar-refractivity contribution in [2.24, 2.45) is 0 Å². The van der Waals surface area contributed by atoms with Crippen LogP contribution in [0.2, 0.25) is 0 Å². The summed E-state index contributed by atoms with van der Waals surface area (Å²) in [6.07, 6.45) is 0.381. The van der Waals surface area contributed by atoms with E-state index < -0.39 is 0 Å². The average Bonchev–Trinajstić information content (AvgIpc) is 2.39. The number of amides is 1. The first kappa shape index (κ1) is 14.5. The van der Waals surface area contributed by atoms with E-state index in [0.717, 1.165) is 0 Å². The van der Waals surface area contributed by atoms with Crippen molar-refractivity contribution < 1.29 is 14.3 Å². The Balaban J connectivity index is 3.04. The summed E-state index contributed by atoms with van der Waals surface area (Å²) >= 11 is 5.55. The molecule has 1 aromatic rings. The summed E-state index contributed by atoms with van der Waals surface area (Å²) in [4.78, 5) is 23.0. The maximum atomic E-state index is 11.7. The summed E-state index contributed by atoms with van der Waals surface area (Å²) in [5.74, 6) is 0.0272. The third-order valence-corrected chi connectivity index (χ3v) is 2.55. The fourth-order valence-corrected chi connectivity index (χ4v) is 1.57. The smallest absolute Gasteiger partial charge is 0.224 e. The van der Waals surface area contributed by atoms with Gasteiger partial charge in [0.1, 0.15) is 5.75 Å². The predicted molar refractivity (Wildman–Crippen MR) is 71.6 cm³/mol. The zero-order valence-electron chi connectivity index (χ0n) is 10.5. The van der Waals surface area contributed by atoms with Gasteiger partial charge in [-0.3, -0.25) is 9.59 Å². The number of carbonyl (C=O) groups excluding carboxylic acids is 2. The predicted octanol–water partition coefficient (Wildman–Crippen LogP) is 2.86. The molecule has 1 amide bonds. The minimum absolute atomic E-state index is 0.108. The summed E-state index contributed by atoms with van der Waals surface area (Å²) in [7, 11) is 0. The number of alkyl halides is 1. The summed E-state index contributed by atoms with van der Waals surface area (Å²) in [5, 5.41) is 2.69. The first-order chi connectivity index (χ1) is 8.62. The SMILES string of the molecule is CCOc1ccc(NC(=O)CC)cc1C(=O)CCl. The van der Waals surface area contributed by atoms with E-state index in [2.05, 4.69) is 5.32 Å². The largest absolute Gasteiger partial charge is 0.493 e. The van der Waals surface area contributed by atoms with Gasteiger partial charge in [0.05, 0.1) is 18.1 Å². The Morgan fingerprint density at radius 1 is 1.33 bits per heavy atom. The molecular formula is C13H16ClNO3. The van der Waals surface area contributed by atoms with E-state index in [1.54, 1.807) is 25.1 Å². The van der Waals surface area contributed by atoms with E-state index in [9.17, 15) is 9.59 Å². The maximum absolute atomic E-state index is 11.7. The lowest BCUT2D eigenvalue weighted by Crippen LogP contribution is -2.11. The maximum Gasteiger partial charge on any atom is 0.224 e. The van der Waals surface area contributed by atoms with Crippen LogP contribution in [-0.2, 0) is 4.79 Å². The van der Waals surface area contributed by atoms with Gasteiger partial charge in [-0.1, -0.05) is 6.92 Å². The van der Waals surface area contributed by atoms with Crippen molar-refractivity contribution in [3.05, 3.63) is 23.8 Å². The summed E-state index contributed by atoms with van der Waals surface area (Å²) < 4.78 is 5.35. The highest BCUT2D eigenvalue weighted by Crippen LogP contribution is 2.24. The molecule has 0 heterocycles. The minimum Gasteiger partial charge on any atom is -0.493 e. The number of ketones is 1. The number of ether oxygens (including phenoxy) is 1. The number of benzene rings is 1. The van der Waals surface area contributed by atoms with Gasteiger partial charge < -0.3 is 10.1 Å². The van der Waals surface area contributed by atoms with Crippen molar-refractivity contribution >= 4 is 29.0 Å². The standard InChI is InChI=1S/C13H16ClNO3/c1-3-13(17)15-9-5-6-12(18-4-2)10(7-9)11(16)8-14/h5-7H,3-4,8H2,1-2H3,(H,15,17). The monoisotopic (exact) mass is 269 g/mol. The van der Waals surface area contributed by atoms with Crippen molar-refractivity contribution in [3.63, 3.8) is 0 Å². The molecule has 0 saturated carbocycles. The van der Waals surface area contributed by atoms with Gasteiger partial charge in [0.15, 0.2) is 5.78 Å². The molecule has 4 nitrogen and oxygen atoms in total. The third-order valence-electron chi connectivity index (χ3n) is 2.31. The molecule has 0 unspecified atom stereocenters. The van der Waals surface area contributed by atoms with Crippen LogP contribution >= 0.6 is 11.6 Å². The Bertz CT molecular complexity index is 446. The average molecular weight is 270 g/mol. The first-order valence-electron chi connectivity index (χ1n) is 5.78. The topological polar surface area (TPSA) is 55.4 Å². The van der Waals surface area contributed by atoms with Gasteiger partial charge in [-0.25, -0.2) is 0 Å². The van der Waals surface area contributed by atoms with Gasteiger partial charge >= 0.3 is 0 Å². The van der Waals surface area contributed by atoms with Crippen LogP contribution in [0.1, 0.15) is 30.6 Å². The molecule has 0 fully saturated rings. The quantitative estimate of drug-likeness (QED) is 0.638. The third kappa shape index (κ3) is 3.74. The molecule has 0 aliphatic rings. The van der Waals surface area contributed by atoms with Crippen molar-refractivity contribution in [3.8, 4) is 5.75 Å². The molecule has 0 aliphatic heterocycles. The molecular weight excluding hydrogens is 254 g/mol. The summed E-state index contributed by atoms with van der Waals surface area (Å²) in [6, 6.07) is 4.95. The fraction of sp³-hybridized carbons (Fsp3) is 0.385. The van der Waals surface area contributed by atoms with E-state index in [1.165, 1.54) is 0 Å². The Labute approximate surface area is 111 Å². The van der Waals surface area contributed by atoms with E-state index in [4.69, 9.17) is 16.3 Å². The van der Waals surface area contributed by atoms with Crippen LogP contribution < -0.4 is 10.1 Å². The molecule has 1 N–H and O–H groups in total. The molecule has 0 spiro atoms. The van der Waals surface area contributed by atoms with Crippen molar-refractivity contribution in [1.82, 2.24) is 0 Å². The van der Waals surface area contributed by atoms with Gasteiger partial charge in [0.25, 0.3) is 0 Å². The highest BCUT2D eigenvalue weighted by atomic mass is 35.5. The number of anilines is 1. The molecule has 0 saturated heterocycles. The van der Waals surface area contributed by atoms with Gasteiger partial charge in [0, 0.05) is 12.1 Å². The van der Waals surface area contributed by atoms with Crippen LogP contribution in [0.4, 0.5) is 5.69 Å². The van der Waals surface area contributed by atoms with Crippen molar-refractivity contribution in [1.29, 1.82) is 0 Å². The highest BCUT2D eigenvalue weighted by molar-refractivity contribution is 6.30. The van der Waals surface area contributed by atoms with E-state index in [0.29, 0.717) is 30.0 Å². The number of hydrogen-bond acceptors (Lipinski definition) is 3. The van der Waals surface area contributed by atoms with E-state index in [1.807, 2.05) is 6.92 Å². The Morgan fingerprint density at radius 2 is 2.06 bits per heavy atom. The summed E-state index contributed by atoms with van der Waals surface area (Å²) in [6.45, 7) is 4.06. The number of nitrogens with one attached hydrogen (secondary N) is 1. The normalized spacial score (nSPS) is 9.94. The molecule has 1 aromatic carbocycles. The van der Waals surface area contributed by atoms with E-state index >= 15 is 0 Å². The number of rotatable bonds is 6. The number of hydrogen-bond donors (Lipinski definition) is 1. The molecule has 0 bridgehead atoms. The summed E-state index contributed by atoms with van der Waals surface area (Å²) in [5.41, 5.74) is 0.958. The Hall–Kier alpha value is -1.55. The zero-order chi connectivity index (χ0) is 13.5. The second-order valence-electron chi connectivity index (χ2n) is 3.60. The fourth-order valence-electron chi connectivity index (χ4n) is 1.43. The van der Waals surface area contributed by atoms with Crippen molar-refractivity contribution in [2.45, 2.75) is 20.3 Å². The molecule has 18 heavy (non-hydrogen) atoms. The van der Waals surface area contributed by atoms with Crippen molar-refractivity contribution in [2.75, 3.05) is 17.8 Å². The van der Waals surface area contributed by atoms with Crippen LogP contribution in [0, 0.1) is 0 Å². The second kappa shape index (κ2) is 7.01. The minimum atomic E-state index is -0.229. The Morgan fingerprint density at radius 3 is 2.61 bits per heavy atom. The lowest BCUT2D eigenvalue weighted by molar-refractivity contribution is -0.115. The molecule has 5 heteroatoms. The molecule has 0 radical (unpaired) electrons. The number of halogens is 1. The van der Waals surface area contributed by atoms with Crippen LogP contribution in [0.15, 0.2) is 18.2 Å². The number of carbonyl (C=O) groups is 2. The lowest BCUT2D eigenvalue weighted by atomic mass is 10.1.